The smallest absolute Gasteiger partial charge is 0.239 e. The molecule has 5 aromatic carbocycles. The van der Waals surface area contributed by atoms with Crippen LogP contribution in [0.2, 0.25) is 0 Å². The van der Waals surface area contributed by atoms with Crippen molar-refractivity contribution >= 4 is 73.7 Å². The Bertz CT molecular complexity index is 3220. The van der Waals surface area contributed by atoms with Gasteiger partial charge in [-0.2, -0.15) is 0 Å². The fraction of sp³-hybridized carbons (Fsp3) is 0.439. The maximum absolute atomic E-state index is 14.2. The van der Waals surface area contributed by atoms with Crippen LogP contribution >= 0.6 is 0 Å². The molecule has 410 valence electrons. The van der Waals surface area contributed by atoms with Crippen LogP contribution < -0.4 is 42.2 Å². The van der Waals surface area contributed by atoms with E-state index in [2.05, 4.69) is 150 Å². The molecule has 0 spiro atoms. The number of para-hydroxylation sites is 2. The molecule has 2 bridgehead atoms. The number of aromatic nitrogens is 2. The van der Waals surface area contributed by atoms with Crippen LogP contribution in [0.1, 0.15) is 127 Å². The molecule has 12 nitrogen and oxygen atoms in total. The SMILES string of the molecule is CC1=CC(=Nc2cc(C)c(NCCCCCCNC(=O)C34CC(C)CC(CC(C)(C(=O)NCCCCCCNc5cc6c(cc5C)nc5cc(C)c(N)cc5[n+]6-c5ccccc5)C3)C4)cc2N(C)c2ccccc2)CC=C1N. The number of benzene rings is 5. The first kappa shape index (κ1) is 55.5. The van der Waals surface area contributed by atoms with Gasteiger partial charge in [0.2, 0.25) is 28.5 Å². The summed E-state index contributed by atoms with van der Waals surface area (Å²) in [7, 11) is 2.10. The zero-order valence-electron chi connectivity index (χ0n) is 47.5. The maximum atomic E-state index is 14.2. The van der Waals surface area contributed by atoms with E-state index in [9.17, 15) is 9.59 Å². The summed E-state index contributed by atoms with van der Waals surface area (Å²) in [5, 5.41) is 14.2. The average molecular weight is 1050 g/mol. The molecule has 8 N–H and O–H groups in total. The number of allylic oxidation sites excluding steroid dienone is 3. The maximum Gasteiger partial charge on any atom is 0.239 e. The van der Waals surface area contributed by atoms with Crippen molar-refractivity contribution in [1.82, 2.24) is 15.6 Å². The number of nitrogen functional groups attached to an aromatic ring is 1. The van der Waals surface area contributed by atoms with E-state index in [0.29, 0.717) is 37.8 Å². The lowest BCUT2D eigenvalue weighted by atomic mass is 9.51. The number of anilines is 5. The Morgan fingerprint density at radius 3 is 1.96 bits per heavy atom. The lowest BCUT2D eigenvalue weighted by molar-refractivity contribution is -0.538. The van der Waals surface area contributed by atoms with Crippen molar-refractivity contribution in [2.45, 2.75) is 131 Å². The van der Waals surface area contributed by atoms with Crippen LogP contribution in [0.4, 0.5) is 34.1 Å². The number of rotatable bonds is 22. The number of hydrogen-bond donors (Lipinski definition) is 6. The minimum Gasteiger partial charge on any atom is -0.399 e. The summed E-state index contributed by atoms with van der Waals surface area (Å²) in [6.07, 6.45) is 17.3. The highest BCUT2D eigenvalue weighted by atomic mass is 16.2. The summed E-state index contributed by atoms with van der Waals surface area (Å²) in [5.74, 6) is 1.13. The monoisotopic (exact) mass is 1050 g/mol. The number of nitrogens with two attached hydrogens (primary N) is 2. The van der Waals surface area contributed by atoms with E-state index in [4.69, 9.17) is 21.4 Å². The third kappa shape index (κ3) is 12.9. The zero-order valence-corrected chi connectivity index (χ0v) is 47.5. The lowest BCUT2D eigenvalue weighted by Crippen LogP contribution is -2.55. The van der Waals surface area contributed by atoms with Crippen LogP contribution in [0.3, 0.4) is 0 Å². The average Bonchev–Trinajstić information content (AvgIpc) is 3.50. The van der Waals surface area contributed by atoms with Gasteiger partial charge in [-0.15, -0.1) is 4.57 Å². The van der Waals surface area contributed by atoms with Crippen molar-refractivity contribution in [3.05, 3.63) is 137 Å². The Kier molecular flexibility index (Phi) is 17.5. The fourth-order valence-corrected chi connectivity index (χ4v) is 12.9. The van der Waals surface area contributed by atoms with Gasteiger partial charge in [0.05, 0.1) is 16.8 Å². The first-order valence-corrected chi connectivity index (χ1v) is 28.9. The third-order valence-electron chi connectivity index (χ3n) is 16.9. The summed E-state index contributed by atoms with van der Waals surface area (Å²) < 4.78 is 2.26. The molecule has 12 heteroatoms. The number of carbonyl (C=O) groups excluding carboxylic acids is 2. The summed E-state index contributed by atoms with van der Waals surface area (Å²) >= 11 is 0. The zero-order chi connectivity index (χ0) is 55.0. The van der Waals surface area contributed by atoms with E-state index in [1.54, 1.807) is 0 Å². The number of fused-ring (bicyclic) bond motifs is 4. The van der Waals surface area contributed by atoms with Crippen LogP contribution in [-0.2, 0) is 9.59 Å². The molecule has 1 heterocycles. The highest BCUT2D eigenvalue weighted by Gasteiger charge is 2.55. The number of hydrogen-bond acceptors (Lipinski definition) is 9. The molecule has 78 heavy (non-hydrogen) atoms. The Labute approximate surface area is 463 Å². The number of unbranched alkanes of at least 4 members (excludes halogenated alkanes) is 6. The summed E-state index contributed by atoms with van der Waals surface area (Å²) in [4.78, 5) is 40.7. The molecule has 0 saturated heterocycles. The van der Waals surface area contributed by atoms with Gasteiger partial charge < -0.3 is 37.6 Å². The number of aliphatic imine (C=N–C) groups is 1. The largest absolute Gasteiger partial charge is 0.399 e. The Morgan fingerprint density at radius 2 is 1.29 bits per heavy atom. The topological polar surface area (TPSA) is 167 Å². The molecule has 3 aliphatic rings. The molecular weight excluding hydrogens is 965 g/mol. The van der Waals surface area contributed by atoms with Gasteiger partial charge in [-0.05, 0) is 162 Å². The van der Waals surface area contributed by atoms with E-state index >= 15 is 0 Å². The summed E-state index contributed by atoms with van der Waals surface area (Å²) in [6.45, 7) is 15.8. The Morgan fingerprint density at radius 1 is 0.705 bits per heavy atom. The van der Waals surface area contributed by atoms with Crippen LogP contribution in [0.15, 0.2) is 125 Å². The molecule has 3 aliphatic carbocycles. The highest BCUT2D eigenvalue weighted by Crippen LogP contribution is 2.57. The fourth-order valence-electron chi connectivity index (χ4n) is 12.9. The van der Waals surface area contributed by atoms with Crippen molar-refractivity contribution in [2.24, 2.45) is 33.4 Å². The minimum atomic E-state index is -0.552. The second-order valence-electron chi connectivity index (χ2n) is 23.5. The van der Waals surface area contributed by atoms with Gasteiger partial charge in [-0.1, -0.05) is 82.0 Å². The number of aryl methyl sites for hydroxylation is 3. The van der Waals surface area contributed by atoms with Gasteiger partial charge in [-0.25, -0.2) is 4.98 Å². The molecule has 1 aromatic heterocycles. The molecule has 6 aromatic rings. The van der Waals surface area contributed by atoms with Gasteiger partial charge in [0.25, 0.3) is 0 Å². The Hall–Kier alpha value is -7.21. The summed E-state index contributed by atoms with van der Waals surface area (Å²) in [5.41, 5.74) is 28.7. The second-order valence-corrected chi connectivity index (χ2v) is 23.5. The second kappa shape index (κ2) is 24.6. The van der Waals surface area contributed by atoms with E-state index in [-0.39, 0.29) is 11.8 Å². The molecule has 0 radical (unpaired) electrons. The summed E-state index contributed by atoms with van der Waals surface area (Å²) in [6, 6.07) is 33.7. The molecule has 9 rings (SSSR count). The van der Waals surface area contributed by atoms with Crippen molar-refractivity contribution < 1.29 is 14.2 Å². The van der Waals surface area contributed by atoms with Gasteiger partial charge in [0.1, 0.15) is 11.0 Å². The third-order valence-corrected chi connectivity index (χ3v) is 16.9. The molecule has 2 saturated carbocycles. The number of amides is 2. The van der Waals surface area contributed by atoms with Gasteiger partial charge in [-0.3, -0.25) is 14.6 Å². The lowest BCUT2D eigenvalue weighted by Gasteiger charge is -2.52. The standard InChI is InChI=1S/C66H84N10O2/c1-44-32-49-41-65(6,63(77)71-30-20-10-8-19-29-70-56-39-62-59(36-48(56)5)74-58-34-46(3)54(68)37-61(58)76(62)52-24-16-13-17-25-52)43-66(40-44,42-49)64(78)72-31-21-11-9-18-28-69-55-38-60(75(7)51-22-14-12-15-23-51)57(35-47(55)4)73-50-26-27-53(67)45(2)33-50/h12-17,22-25,27,33-39,44,49,69H,8-11,18-21,26,28-32,40-43,67H2,1-7H3,(H4,68,70,71,72,77,78)/p+1. The molecule has 0 aliphatic heterocycles. The number of nitrogens with one attached hydrogen (secondary N) is 4. The van der Waals surface area contributed by atoms with Crippen molar-refractivity contribution in [2.75, 3.05) is 54.5 Å². The normalized spacial score (nSPS) is 20.5. The van der Waals surface area contributed by atoms with E-state index in [0.717, 1.165) is 186 Å². The molecular formula is C66H85N10O2+. The van der Waals surface area contributed by atoms with Gasteiger partial charge in [0, 0.05) is 103 Å². The first-order valence-electron chi connectivity index (χ1n) is 28.9. The van der Waals surface area contributed by atoms with Gasteiger partial charge in [0.15, 0.2) is 0 Å². The highest BCUT2D eigenvalue weighted by molar-refractivity contribution is 6.01. The van der Waals surface area contributed by atoms with E-state index in [1.807, 2.05) is 38.1 Å². The Balaban J connectivity index is 0.710. The number of carbonyl (C=O) groups is 2. The number of nitrogens with zero attached hydrogens (tertiary/aromatic N) is 4. The van der Waals surface area contributed by atoms with E-state index < -0.39 is 10.8 Å². The van der Waals surface area contributed by atoms with E-state index in [1.165, 1.54) is 0 Å². The quantitative estimate of drug-likeness (QED) is 0.0169. The van der Waals surface area contributed by atoms with Crippen LogP contribution in [0.25, 0.3) is 27.8 Å². The predicted octanol–water partition coefficient (Wildman–Crippen LogP) is 13.3. The molecule has 2 amide bonds. The van der Waals surface area contributed by atoms with Crippen molar-refractivity contribution in [3.8, 4) is 5.69 Å². The first-order chi connectivity index (χ1) is 37.6. The van der Waals surface area contributed by atoms with Crippen LogP contribution in [0, 0.1) is 43.4 Å². The molecule has 2 fully saturated rings. The van der Waals surface area contributed by atoms with Crippen molar-refractivity contribution in [1.29, 1.82) is 0 Å². The van der Waals surface area contributed by atoms with Gasteiger partial charge >= 0.3 is 0 Å². The molecule has 4 unspecified atom stereocenters. The predicted molar refractivity (Wildman–Crippen MR) is 324 cm³/mol. The molecule has 4 atom stereocenters. The van der Waals surface area contributed by atoms with Crippen LogP contribution in [0.5, 0.6) is 0 Å². The van der Waals surface area contributed by atoms with Crippen molar-refractivity contribution in [3.63, 3.8) is 0 Å². The minimum absolute atomic E-state index is 0.115. The van der Waals surface area contributed by atoms with Crippen LogP contribution in [-0.4, -0.2) is 55.7 Å².